The van der Waals surface area contributed by atoms with E-state index in [1.54, 1.807) is 6.07 Å². The van der Waals surface area contributed by atoms with Gasteiger partial charge < -0.3 is 4.98 Å². The summed E-state index contributed by atoms with van der Waals surface area (Å²) in [6.45, 7) is 2.08. The number of hydrogen-bond donors (Lipinski definition) is 1. The molecule has 0 aliphatic rings. The summed E-state index contributed by atoms with van der Waals surface area (Å²) in [7, 11) is 0. The second kappa shape index (κ2) is 4.36. The van der Waals surface area contributed by atoms with Crippen LogP contribution in [0.5, 0.6) is 0 Å². The number of halogens is 1. The third-order valence-corrected chi connectivity index (χ3v) is 3.82. The van der Waals surface area contributed by atoms with Gasteiger partial charge in [-0.25, -0.2) is 4.98 Å². The predicted octanol–water partition coefficient (Wildman–Crippen LogP) is 3.36. The average Bonchev–Trinajstić information content (AvgIpc) is 2.70. The van der Waals surface area contributed by atoms with E-state index in [9.17, 15) is 10.1 Å². The summed E-state index contributed by atoms with van der Waals surface area (Å²) in [5, 5.41) is 10.6. The molecule has 0 fully saturated rings. The number of H-pyrrole nitrogens is 1. The fourth-order valence-electron chi connectivity index (χ4n) is 1.47. The summed E-state index contributed by atoms with van der Waals surface area (Å²) >= 11 is 2.30. The van der Waals surface area contributed by atoms with E-state index in [2.05, 4.69) is 39.5 Å². The SMILES string of the molecule is CCC(I)c1nc2ccc([N+](=O)[O-])cc2[nH]1. The molecule has 6 heteroatoms. The number of non-ortho nitro benzene ring substituents is 1. The van der Waals surface area contributed by atoms with Crippen LogP contribution in [0.1, 0.15) is 23.1 Å². The Morgan fingerprint density at radius 2 is 2.38 bits per heavy atom. The number of aromatic amines is 1. The maximum atomic E-state index is 10.6. The maximum Gasteiger partial charge on any atom is 0.271 e. The molecule has 1 N–H and O–H groups in total. The Balaban J connectivity index is 2.49. The molecule has 2 rings (SSSR count). The van der Waals surface area contributed by atoms with Gasteiger partial charge in [0.25, 0.3) is 5.69 Å². The Morgan fingerprint density at radius 1 is 1.62 bits per heavy atom. The van der Waals surface area contributed by atoms with Crippen LogP contribution in [-0.2, 0) is 0 Å². The van der Waals surface area contributed by atoms with Crippen molar-refractivity contribution < 1.29 is 4.92 Å². The maximum absolute atomic E-state index is 10.6. The zero-order valence-corrected chi connectivity index (χ0v) is 10.8. The van der Waals surface area contributed by atoms with Crippen LogP contribution in [0, 0.1) is 10.1 Å². The van der Waals surface area contributed by atoms with Crippen molar-refractivity contribution in [3.63, 3.8) is 0 Å². The van der Waals surface area contributed by atoms with Gasteiger partial charge in [0.05, 0.1) is 19.9 Å². The van der Waals surface area contributed by atoms with Gasteiger partial charge in [-0.05, 0) is 12.5 Å². The first kappa shape index (κ1) is 11.3. The Labute approximate surface area is 106 Å². The zero-order valence-electron chi connectivity index (χ0n) is 8.61. The highest BCUT2D eigenvalue weighted by Gasteiger charge is 2.13. The number of imidazole rings is 1. The quantitative estimate of drug-likeness (QED) is 0.406. The van der Waals surface area contributed by atoms with E-state index in [-0.39, 0.29) is 5.69 Å². The molecule has 0 saturated heterocycles. The molecule has 0 bridgehead atoms. The molecule has 0 aliphatic carbocycles. The topological polar surface area (TPSA) is 71.8 Å². The first-order chi connectivity index (χ1) is 7.61. The summed E-state index contributed by atoms with van der Waals surface area (Å²) < 4.78 is 0.309. The molecule has 2 aromatic rings. The lowest BCUT2D eigenvalue weighted by atomic mass is 10.3. The lowest BCUT2D eigenvalue weighted by Crippen LogP contribution is -1.89. The smallest absolute Gasteiger partial charge is 0.271 e. The fraction of sp³-hybridized carbons (Fsp3) is 0.300. The Bertz CT molecular complexity index is 538. The van der Waals surface area contributed by atoms with Crippen LogP contribution in [0.25, 0.3) is 11.0 Å². The van der Waals surface area contributed by atoms with Gasteiger partial charge in [-0.15, -0.1) is 0 Å². The van der Waals surface area contributed by atoms with Crippen LogP contribution in [0.4, 0.5) is 5.69 Å². The molecular weight excluding hydrogens is 321 g/mol. The van der Waals surface area contributed by atoms with Gasteiger partial charge in [-0.3, -0.25) is 10.1 Å². The highest BCUT2D eigenvalue weighted by molar-refractivity contribution is 14.1. The number of alkyl halides is 1. The van der Waals surface area contributed by atoms with Gasteiger partial charge in [-0.2, -0.15) is 0 Å². The number of aromatic nitrogens is 2. The number of benzene rings is 1. The van der Waals surface area contributed by atoms with Crippen LogP contribution < -0.4 is 0 Å². The van der Waals surface area contributed by atoms with E-state index in [1.807, 2.05) is 0 Å². The van der Waals surface area contributed by atoms with E-state index in [0.29, 0.717) is 3.92 Å². The minimum atomic E-state index is -0.401. The second-order valence-corrected chi connectivity index (χ2v) is 4.96. The lowest BCUT2D eigenvalue weighted by Gasteiger charge is -1.99. The highest BCUT2D eigenvalue weighted by Crippen LogP contribution is 2.27. The minimum Gasteiger partial charge on any atom is -0.341 e. The zero-order chi connectivity index (χ0) is 11.7. The highest BCUT2D eigenvalue weighted by atomic mass is 127. The van der Waals surface area contributed by atoms with E-state index in [0.717, 1.165) is 23.3 Å². The molecule has 1 unspecified atom stereocenters. The molecule has 0 spiro atoms. The minimum absolute atomic E-state index is 0.0872. The number of nitro benzene ring substituents is 1. The third-order valence-electron chi connectivity index (χ3n) is 2.35. The van der Waals surface area contributed by atoms with E-state index >= 15 is 0 Å². The number of fused-ring (bicyclic) bond motifs is 1. The van der Waals surface area contributed by atoms with Crippen LogP contribution in [0.2, 0.25) is 0 Å². The first-order valence-electron chi connectivity index (χ1n) is 4.90. The molecule has 1 aromatic heterocycles. The van der Waals surface area contributed by atoms with Crippen molar-refractivity contribution in [1.82, 2.24) is 9.97 Å². The normalized spacial score (nSPS) is 12.9. The number of hydrogen-bond acceptors (Lipinski definition) is 3. The Hall–Kier alpha value is -1.18. The summed E-state index contributed by atoms with van der Waals surface area (Å²) in [5.41, 5.74) is 1.58. The van der Waals surface area contributed by atoms with Crippen molar-refractivity contribution >= 4 is 39.3 Å². The van der Waals surface area contributed by atoms with E-state index in [4.69, 9.17) is 0 Å². The second-order valence-electron chi connectivity index (χ2n) is 3.46. The Kier molecular flexibility index (Phi) is 3.08. The summed E-state index contributed by atoms with van der Waals surface area (Å²) in [5.74, 6) is 0.874. The number of rotatable bonds is 3. The summed E-state index contributed by atoms with van der Waals surface area (Å²) in [4.78, 5) is 17.7. The molecule has 0 aliphatic heterocycles. The van der Waals surface area contributed by atoms with Crippen LogP contribution >= 0.6 is 22.6 Å². The molecule has 0 amide bonds. The van der Waals surface area contributed by atoms with Crippen molar-refractivity contribution in [1.29, 1.82) is 0 Å². The van der Waals surface area contributed by atoms with Crippen molar-refractivity contribution in [2.75, 3.05) is 0 Å². The van der Waals surface area contributed by atoms with Gasteiger partial charge in [-0.1, -0.05) is 29.5 Å². The monoisotopic (exact) mass is 331 g/mol. The number of nitrogens with one attached hydrogen (secondary N) is 1. The third kappa shape index (κ3) is 2.01. The number of nitrogens with zero attached hydrogens (tertiary/aromatic N) is 2. The van der Waals surface area contributed by atoms with Crippen LogP contribution in [0.15, 0.2) is 18.2 Å². The van der Waals surface area contributed by atoms with Crippen molar-refractivity contribution in [3.05, 3.63) is 34.1 Å². The van der Waals surface area contributed by atoms with Crippen molar-refractivity contribution in [3.8, 4) is 0 Å². The molecule has 0 radical (unpaired) electrons. The van der Waals surface area contributed by atoms with Crippen LogP contribution in [-0.4, -0.2) is 14.9 Å². The van der Waals surface area contributed by atoms with Gasteiger partial charge >= 0.3 is 0 Å². The van der Waals surface area contributed by atoms with Gasteiger partial charge in [0, 0.05) is 12.1 Å². The molecule has 0 saturated carbocycles. The molecular formula is C10H10IN3O2. The number of nitro groups is 1. The molecule has 84 valence electrons. The lowest BCUT2D eigenvalue weighted by molar-refractivity contribution is -0.384. The molecule has 1 aromatic carbocycles. The predicted molar refractivity (Wildman–Crippen MR) is 69.8 cm³/mol. The fourth-order valence-corrected chi connectivity index (χ4v) is 1.77. The molecule has 1 atom stereocenters. The van der Waals surface area contributed by atoms with Crippen molar-refractivity contribution in [2.45, 2.75) is 17.3 Å². The van der Waals surface area contributed by atoms with Crippen LogP contribution in [0.3, 0.4) is 0 Å². The van der Waals surface area contributed by atoms with Gasteiger partial charge in [0.1, 0.15) is 5.82 Å². The van der Waals surface area contributed by atoms with E-state index in [1.165, 1.54) is 12.1 Å². The average molecular weight is 331 g/mol. The summed E-state index contributed by atoms with van der Waals surface area (Å²) in [6, 6.07) is 4.67. The molecule has 5 nitrogen and oxygen atoms in total. The van der Waals surface area contributed by atoms with Gasteiger partial charge in [0.15, 0.2) is 0 Å². The standard InChI is InChI=1S/C10H10IN3O2/c1-2-7(11)10-12-8-4-3-6(14(15)16)5-9(8)13-10/h3-5,7H,2H2,1H3,(H,12,13). The first-order valence-corrected chi connectivity index (χ1v) is 6.14. The Morgan fingerprint density at radius 3 is 3.00 bits per heavy atom. The van der Waals surface area contributed by atoms with E-state index < -0.39 is 4.92 Å². The largest absolute Gasteiger partial charge is 0.341 e. The van der Waals surface area contributed by atoms with Crippen molar-refractivity contribution in [2.24, 2.45) is 0 Å². The summed E-state index contributed by atoms with van der Waals surface area (Å²) in [6.07, 6.45) is 0.975. The molecule has 16 heavy (non-hydrogen) atoms. The molecule has 1 heterocycles. The van der Waals surface area contributed by atoms with Gasteiger partial charge in [0.2, 0.25) is 0 Å².